The molecule has 0 aliphatic rings. The molecule has 0 aliphatic heterocycles. The summed E-state index contributed by atoms with van der Waals surface area (Å²) in [4.78, 5) is 0.0466. The topological polar surface area (TPSA) is 63.3 Å². The van der Waals surface area contributed by atoms with E-state index in [0.717, 1.165) is 11.3 Å². The van der Waals surface area contributed by atoms with Crippen LogP contribution < -0.4 is 0 Å². The van der Waals surface area contributed by atoms with Gasteiger partial charge in [-0.1, -0.05) is 17.4 Å². The van der Waals surface area contributed by atoms with Crippen molar-refractivity contribution in [2.45, 2.75) is 6.18 Å². The Balaban J connectivity index is 2.14. The zero-order valence-corrected chi connectivity index (χ0v) is 12.4. The Morgan fingerprint density at radius 1 is 1.25 bits per heavy atom. The lowest BCUT2D eigenvalue weighted by atomic mass is 10.2. The highest BCUT2D eigenvalue weighted by molar-refractivity contribution is 14.1. The summed E-state index contributed by atoms with van der Waals surface area (Å²) in [5.41, 5.74) is 0.520. The quantitative estimate of drug-likeness (QED) is 0.624. The summed E-state index contributed by atoms with van der Waals surface area (Å²) in [6.45, 7) is 0. The average molecular weight is 412 g/mol. The van der Waals surface area contributed by atoms with Gasteiger partial charge in [-0.25, -0.2) is 0 Å². The van der Waals surface area contributed by atoms with E-state index < -0.39 is 12.0 Å². The van der Waals surface area contributed by atoms with Crippen LogP contribution in [0.15, 0.2) is 18.2 Å². The molecular weight excluding hydrogens is 408 g/mol. The number of phenolic OH excluding ortho intramolecular Hbond substituents is 1. The number of hydrogen-bond donors (Lipinski definition) is 1. The molecule has 0 atom stereocenters. The van der Waals surface area contributed by atoms with Crippen LogP contribution in [-0.2, 0) is 6.18 Å². The molecule has 1 aromatic carbocycles. The highest BCUT2D eigenvalue weighted by Crippen LogP contribution is 2.33. The summed E-state index contributed by atoms with van der Waals surface area (Å²) in [6, 6.07) is 4.76. The second-order valence-electron chi connectivity index (χ2n) is 3.79. The van der Waals surface area contributed by atoms with E-state index in [1.54, 1.807) is 12.1 Å². The highest BCUT2D eigenvalue weighted by atomic mass is 127. The summed E-state index contributed by atoms with van der Waals surface area (Å²) in [6.07, 6.45) is -4.61. The van der Waals surface area contributed by atoms with E-state index in [1.807, 2.05) is 22.6 Å². The molecule has 0 radical (unpaired) electrons. The van der Waals surface area contributed by atoms with Gasteiger partial charge in [0.1, 0.15) is 10.8 Å². The van der Waals surface area contributed by atoms with Crippen LogP contribution in [0.2, 0.25) is 0 Å². The Kier molecular flexibility index (Phi) is 3.08. The van der Waals surface area contributed by atoms with E-state index in [9.17, 15) is 18.3 Å². The smallest absolute Gasteiger partial charge is 0.453 e. The lowest BCUT2D eigenvalue weighted by Gasteiger charge is -2.01. The van der Waals surface area contributed by atoms with Gasteiger partial charge in [0.05, 0.1) is 3.57 Å². The third-order valence-corrected chi connectivity index (χ3v) is 4.30. The second-order valence-corrected chi connectivity index (χ2v) is 5.91. The van der Waals surface area contributed by atoms with Gasteiger partial charge in [-0.15, -0.1) is 10.2 Å². The number of hydrogen-bond acceptors (Lipinski definition) is 5. The molecule has 5 nitrogen and oxygen atoms in total. The molecule has 0 amide bonds. The van der Waals surface area contributed by atoms with Gasteiger partial charge < -0.3 is 5.11 Å². The van der Waals surface area contributed by atoms with E-state index >= 15 is 0 Å². The lowest BCUT2D eigenvalue weighted by Crippen LogP contribution is -2.11. The lowest BCUT2D eigenvalue weighted by molar-refractivity contribution is -0.146. The Labute approximate surface area is 127 Å². The first-order valence-corrected chi connectivity index (χ1v) is 7.04. The van der Waals surface area contributed by atoms with Crippen LogP contribution >= 0.6 is 33.9 Å². The third kappa shape index (κ3) is 2.22. The van der Waals surface area contributed by atoms with E-state index in [-0.39, 0.29) is 10.7 Å². The molecule has 20 heavy (non-hydrogen) atoms. The van der Waals surface area contributed by atoms with E-state index in [0.29, 0.717) is 18.7 Å². The minimum absolute atomic E-state index is 0.0464. The van der Waals surface area contributed by atoms with Crippen LogP contribution in [-0.4, -0.2) is 24.9 Å². The number of fused-ring (bicyclic) bond motifs is 1. The molecule has 1 N–H and O–H groups in total. The molecule has 104 valence electrons. The fraction of sp³-hybridized carbons (Fsp3) is 0.100. The van der Waals surface area contributed by atoms with Gasteiger partial charge in [-0.3, -0.25) is 0 Å². The van der Waals surface area contributed by atoms with Gasteiger partial charge in [0, 0.05) is 5.56 Å². The number of phenols is 1. The van der Waals surface area contributed by atoms with E-state index in [1.165, 1.54) is 6.07 Å². The SMILES string of the molecule is Oc1cc(-c2nn3c(C(F)(F)F)nnc3s2)ccc1I. The molecule has 0 bridgehead atoms. The molecule has 2 aromatic heterocycles. The zero-order chi connectivity index (χ0) is 14.5. The minimum atomic E-state index is -4.61. The number of halogens is 4. The van der Waals surface area contributed by atoms with Crippen molar-refractivity contribution in [1.29, 1.82) is 0 Å². The molecule has 0 saturated carbocycles. The van der Waals surface area contributed by atoms with Crippen LogP contribution in [0.1, 0.15) is 5.82 Å². The fourth-order valence-corrected chi connectivity index (χ4v) is 2.73. The summed E-state index contributed by atoms with van der Waals surface area (Å²) in [5.74, 6) is -1.12. The van der Waals surface area contributed by atoms with Gasteiger partial charge in [0.15, 0.2) is 0 Å². The fourth-order valence-electron chi connectivity index (χ4n) is 1.56. The Morgan fingerprint density at radius 3 is 2.65 bits per heavy atom. The number of benzene rings is 1. The largest absolute Gasteiger partial charge is 0.507 e. The van der Waals surface area contributed by atoms with Crippen molar-refractivity contribution >= 4 is 38.9 Å². The summed E-state index contributed by atoms with van der Waals surface area (Å²) in [7, 11) is 0. The van der Waals surface area contributed by atoms with Crippen LogP contribution in [0.5, 0.6) is 5.75 Å². The van der Waals surface area contributed by atoms with Gasteiger partial charge in [-0.05, 0) is 34.7 Å². The van der Waals surface area contributed by atoms with Crippen LogP contribution in [0.25, 0.3) is 15.5 Å². The van der Waals surface area contributed by atoms with Crippen molar-refractivity contribution in [3.8, 4) is 16.3 Å². The van der Waals surface area contributed by atoms with Gasteiger partial charge in [0.2, 0.25) is 4.96 Å². The first-order valence-electron chi connectivity index (χ1n) is 5.14. The highest BCUT2D eigenvalue weighted by Gasteiger charge is 2.38. The van der Waals surface area contributed by atoms with Crippen molar-refractivity contribution in [3.63, 3.8) is 0 Å². The molecule has 0 unspecified atom stereocenters. The molecule has 0 saturated heterocycles. The zero-order valence-electron chi connectivity index (χ0n) is 9.39. The molecule has 0 aliphatic carbocycles. The molecular formula is C10H4F3IN4OS. The summed E-state index contributed by atoms with van der Waals surface area (Å²) in [5, 5.41) is 20.3. The van der Waals surface area contributed by atoms with Crippen LogP contribution in [0.3, 0.4) is 0 Å². The molecule has 3 aromatic rings. The van der Waals surface area contributed by atoms with Crippen molar-refractivity contribution < 1.29 is 18.3 Å². The molecule has 0 spiro atoms. The third-order valence-electron chi connectivity index (χ3n) is 2.44. The summed E-state index contributed by atoms with van der Waals surface area (Å²) >= 11 is 2.91. The predicted molar refractivity (Wildman–Crippen MR) is 73.5 cm³/mol. The maximum Gasteiger partial charge on any atom is 0.453 e. The van der Waals surface area contributed by atoms with E-state index in [2.05, 4.69) is 15.3 Å². The van der Waals surface area contributed by atoms with Gasteiger partial charge in [-0.2, -0.15) is 22.8 Å². The van der Waals surface area contributed by atoms with Crippen LogP contribution in [0.4, 0.5) is 13.2 Å². The van der Waals surface area contributed by atoms with E-state index in [4.69, 9.17) is 0 Å². The van der Waals surface area contributed by atoms with Gasteiger partial charge in [0.25, 0.3) is 5.82 Å². The molecule has 10 heteroatoms. The number of aromatic hydroxyl groups is 1. The number of rotatable bonds is 1. The van der Waals surface area contributed by atoms with Crippen molar-refractivity contribution in [2.75, 3.05) is 0 Å². The minimum Gasteiger partial charge on any atom is -0.507 e. The maximum atomic E-state index is 12.7. The number of alkyl halides is 3. The van der Waals surface area contributed by atoms with Crippen molar-refractivity contribution in [1.82, 2.24) is 19.8 Å². The van der Waals surface area contributed by atoms with Crippen molar-refractivity contribution in [2.24, 2.45) is 0 Å². The summed E-state index contributed by atoms with van der Waals surface area (Å²) < 4.78 is 39.3. The number of nitrogens with zero attached hydrogens (tertiary/aromatic N) is 4. The second kappa shape index (κ2) is 4.55. The van der Waals surface area contributed by atoms with Crippen molar-refractivity contribution in [3.05, 3.63) is 27.6 Å². The molecule has 3 rings (SSSR count). The monoisotopic (exact) mass is 412 g/mol. The number of aromatic nitrogens is 4. The standard InChI is InChI=1S/C10H4F3IN4OS/c11-10(12,13)8-15-16-9-18(8)17-7(20-9)4-1-2-5(14)6(19)3-4/h1-3,19H. The predicted octanol–water partition coefficient (Wildman–Crippen LogP) is 3.18. The Hall–Kier alpha value is -1.43. The first-order chi connectivity index (χ1) is 9.36. The Morgan fingerprint density at radius 2 is 2.00 bits per heavy atom. The van der Waals surface area contributed by atoms with Crippen LogP contribution in [0, 0.1) is 3.57 Å². The molecule has 2 heterocycles. The average Bonchev–Trinajstić information content (AvgIpc) is 2.90. The normalized spacial score (nSPS) is 12.2. The Bertz CT molecular complexity index is 797. The first kappa shape index (κ1) is 13.5. The molecule has 0 fully saturated rings. The maximum absolute atomic E-state index is 12.7. The van der Waals surface area contributed by atoms with Gasteiger partial charge >= 0.3 is 6.18 Å².